The van der Waals surface area contributed by atoms with Crippen molar-refractivity contribution < 1.29 is 13.2 Å². The molecule has 5 heteroatoms. The fourth-order valence-corrected chi connectivity index (χ4v) is 0.864. The second-order valence-corrected chi connectivity index (χ2v) is 3.45. The minimum Gasteiger partial charge on any atom is -0.772 e. The fraction of sp³-hybridized carbons (Fsp3) is 0.667. The van der Waals surface area contributed by atoms with E-state index in [-0.39, 0.29) is 17.7 Å². The highest BCUT2D eigenvalue weighted by Crippen LogP contribution is 2.18. The zero-order valence-electron chi connectivity index (χ0n) is 6.30. The van der Waals surface area contributed by atoms with Gasteiger partial charge in [-0.1, -0.05) is 17.7 Å². The first kappa shape index (κ1) is 10.8. The largest absolute Gasteiger partial charge is 0.772 e. The maximum absolute atomic E-state index is 12.7. The SMILES string of the molecule is [B]C(C)(F)C(=C)CCS(=O)[O-]. The van der Waals surface area contributed by atoms with E-state index in [9.17, 15) is 13.2 Å². The smallest absolute Gasteiger partial charge is 0.127 e. The lowest BCUT2D eigenvalue weighted by atomic mass is 9.79. The van der Waals surface area contributed by atoms with Crippen LogP contribution < -0.4 is 0 Å². The molecule has 0 bridgehead atoms. The van der Waals surface area contributed by atoms with E-state index in [0.717, 1.165) is 6.92 Å². The molecule has 0 spiro atoms. The van der Waals surface area contributed by atoms with Gasteiger partial charge in [-0.25, -0.2) is 0 Å². The molecule has 0 saturated carbocycles. The minimum atomic E-state index is -2.15. The van der Waals surface area contributed by atoms with Crippen molar-refractivity contribution in [2.75, 3.05) is 5.75 Å². The van der Waals surface area contributed by atoms with Crippen molar-refractivity contribution in [3.8, 4) is 0 Å². The maximum atomic E-state index is 12.7. The first-order chi connectivity index (χ1) is 4.84. The molecule has 0 aliphatic heterocycles. The Bertz CT molecular complexity index is 176. The predicted octanol–water partition coefficient (Wildman–Crippen LogP) is 0.666. The molecule has 0 fully saturated rings. The highest BCUT2D eigenvalue weighted by Gasteiger charge is 2.18. The van der Waals surface area contributed by atoms with Crippen LogP contribution in [-0.4, -0.2) is 27.9 Å². The summed E-state index contributed by atoms with van der Waals surface area (Å²) < 4.78 is 32.8. The molecule has 11 heavy (non-hydrogen) atoms. The van der Waals surface area contributed by atoms with Crippen LogP contribution in [0, 0.1) is 0 Å². The molecule has 0 N–H and O–H groups in total. The second-order valence-electron chi connectivity index (χ2n) is 2.44. The molecule has 0 aromatic carbocycles. The molecule has 0 aliphatic rings. The van der Waals surface area contributed by atoms with Gasteiger partial charge in [0.2, 0.25) is 0 Å². The number of allylic oxidation sites excluding steroid dienone is 1. The normalized spacial score (nSPS) is 18.8. The zero-order chi connectivity index (χ0) is 9.07. The van der Waals surface area contributed by atoms with Crippen molar-refractivity contribution in [1.29, 1.82) is 0 Å². The van der Waals surface area contributed by atoms with Crippen LogP contribution in [0.25, 0.3) is 0 Å². The average Bonchev–Trinajstić information content (AvgIpc) is 1.80. The molecule has 0 aromatic heterocycles. The molecule has 0 heterocycles. The van der Waals surface area contributed by atoms with Gasteiger partial charge in [-0.15, -0.1) is 0 Å². The highest BCUT2D eigenvalue weighted by atomic mass is 32.2. The number of rotatable bonds is 4. The summed E-state index contributed by atoms with van der Waals surface area (Å²) in [4.78, 5) is 0. The van der Waals surface area contributed by atoms with Gasteiger partial charge in [-0.3, -0.25) is 8.60 Å². The lowest BCUT2D eigenvalue weighted by molar-refractivity contribution is 0.350. The number of halogens is 1. The third kappa shape index (κ3) is 5.15. The van der Waals surface area contributed by atoms with Gasteiger partial charge >= 0.3 is 0 Å². The van der Waals surface area contributed by atoms with Crippen LogP contribution in [0.4, 0.5) is 4.39 Å². The lowest BCUT2D eigenvalue weighted by Gasteiger charge is -2.18. The van der Waals surface area contributed by atoms with Crippen molar-refractivity contribution in [1.82, 2.24) is 0 Å². The first-order valence-electron chi connectivity index (χ1n) is 3.06. The van der Waals surface area contributed by atoms with Gasteiger partial charge in [0, 0.05) is 5.75 Å². The van der Waals surface area contributed by atoms with E-state index in [2.05, 4.69) is 6.58 Å². The summed E-state index contributed by atoms with van der Waals surface area (Å²) in [5, 5.41) is 0. The third-order valence-electron chi connectivity index (χ3n) is 1.26. The maximum Gasteiger partial charge on any atom is 0.127 e. The zero-order valence-corrected chi connectivity index (χ0v) is 7.12. The Morgan fingerprint density at radius 2 is 2.36 bits per heavy atom. The van der Waals surface area contributed by atoms with Crippen LogP contribution >= 0.6 is 0 Å². The molecule has 62 valence electrons. The van der Waals surface area contributed by atoms with Gasteiger partial charge in [0.05, 0.1) is 5.57 Å². The molecule has 0 aromatic rings. The quantitative estimate of drug-likeness (QED) is 0.357. The Kier molecular flexibility index (Phi) is 3.96. The average molecular weight is 175 g/mol. The Morgan fingerprint density at radius 1 is 1.91 bits per heavy atom. The summed E-state index contributed by atoms with van der Waals surface area (Å²) in [5.41, 5.74) is -1.87. The summed E-state index contributed by atoms with van der Waals surface area (Å²) in [6.07, 6.45) is 0.0691. The van der Waals surface area contributed by atoms with Crippen molar-refractivity contribution in [3.63, 3.8) is 0 Å². The molecule has 2 unspecified atom stereocenters. The molecule has 0 amide bonds. The Hall–Kier alpha value is -0.155. The first-order valence-corrected chi connectivity index (χ1v) is 4.30. The molecule has 2 atom stereocenters. The molecular weight excluding hydrogens is 166 g/mol. The van der Waals surface area contributed by atoms with E-state index in [1.165, 1.54) is 0 Å². The lowest BCUT2D eigenvalue weighted by Crippen LogP contribution is -2.21. The van der Waals surface area contributed by atoms with Crippen LogP contribution in [0.5, 0.6) is 0 Å². The standard InChI is InChI=1S/C6H10BFO2S/c1-5(6(2,7)8)3-4-11(9)10/h1,3-4H2,2H3,(H,9,10)/p-1. The Morgan fingerprint density at radius 3 is 2.64 bits per heavy atom. The van der Waals surface area contributed by atoms with Crippen LogP contribution in [-0.2, 0) is 11.1 Å². The summed E-state index contributed by atoms with van der Waals surface area (Å²) >= 11 is -2.15. The molecule has 2 radical (unpaired) electrons. The van der Waals surface area contributed by atoms with Gasteiger partial charge in [0.25, 0.3) is 0 Å². The second kappa shape index (κ2) is 4.02. The summed E-state index contributed by atoms with van der Waals surface area (Å²) in [5.74, 6) is -0.129. The van der Waals surface area contributed by atoms with E-state index in [1.54, 1.807) is 0 Å². The van der Waals surface area contributed by atoms with Crippen LogP contribution in [0.1, 0.15) is 13.3 Å². The van der Waals surface area contributed by atoms with E-state index in [1.807, 2.05) is 0 Å². The van der Waals surface area contributed by atoms with Crippen LogP contribution in [0.2, 0.25) is 0 Å². The Labute approximate surface area is 69.6 Å². The van der Waals surface area contributed by atoms with Gasteiger partial charge in [0.1, 0.15) is 7.85 Å². The van der Waals surface area contributed by atoms with Gasteiger partial charge in [-0.2, -0.15) is 0 Å². The van der Waals surface area contributed by atoms with Crippen molar-refractivity contribution in [2.24, 2.45) is 0 Å². The minimum absolute atomic E-state index is 0.0691. The number of alkyl halides is 1. The number of hydrogen-bond acceptors (Lipinski definition) is 2. The summed E-state index contributed by atoms with van der Waals surface area (Å²) in [7, 11) is 5.00. The molecule has 2 nitrogen and oxygen atoms in total. The molecule has 0 aliphatic carbocycles. The topological polar surface area (TPSA) is 40.1 Å². The van der Waals surface area contributed by atoms with Crippen molar-refractivity contribution in [2.45, 2.75) is 18.9 Å². The van der Waals surface area contributed by atoms with Gasteiger partial charge < -0.3 is 4.55 Å². The van der Waals surface area contributed by atoms with E-state index >= 15 is 0 Å². The van der Waals surface area contributed by atoms with E-state index < -0.39 is 16.6 Å². The molecular formula is C6H9BFO2S-. The Balaban J connectivity index is 3.80. The predicted molar refractivity (Wildman–Crippen MR) is 42.8 cm³/mol. The van der Waals surface area contributed by atoms with Gasteiger partial charge in [-0.05, 0) is 18.9 Å². The third-order valence-corrected chi connectivity index (χ3v) is 1.80. The van der Waals surface area contributed by atoms with Crippen LogP contribution in [0.15, 0.2) is 12.2 Å². The highest BCUT2D eigenvalue weighted by molar-refractivity contribution is 7.79. The molecule has 0 saturated heterocycles. The van der Waals surface area contributed by atoms with E-state index in [4.69, 9.17) is 7.85 Å². The molecule has 0 rings (SSSR count). The van der Waals surface area contributed by atoms with Crippen molar-refractivity contribution in [3.05, 3.63) is 12.2 Å². The van der Waals surface area contributed by atoms with E-state index in [0.29, 0.717) is 0 Å². The van der Waals surface area contributed by atoms with Crippen LogP contribution in [0.3, 0.4) is 0 Å². The van der Waals surface area contributed by atoms with Gasteiger partial charge in [0.15, 0.2) is 0 Å². The summed E-state index contributed by atoms with van der Waals surface area (Å²) in [6.45, 7) is 4.47. The number of hydrogen-bond donors (Lipinski definition) is 0. The monoisotopic (exact) mass is 175 g/mol. The summed E-state index contributed by atoms with van der Waals surface area (Å²) in [6, 6.07) is 0. The van der Waals surface area contributed by atoms with Crippen molar-refractivity contribution >= 4 is 18.9 Å². The fourth-order valence-electron chi connectivity index (χ4n) is 0.451.